The Morgan fingerprint density at radius 2 is 1.78 bits per heavy atom. The Kier molecular flexibility index (Phi) is 8.61. The van der Waals surface area contributed by atoms with Gasteiger partial charge in [0.1, 0.15) is 11.6 Å². The highest BCUT2D eigenvalue weighted by Gasteiger charge is 2.26. The largest absolute Gasteiger partial charge is 0.463 e. The van der Waals surface area contributed by atoms with Gasteiger partial charge in [-0.25, -0.2) is 9.59 Å². The van der Waals surface area contributed by atoms with Crippen LogP contribution in [-0.4, -0.2) is 42.0 Å². The maximum absolute atomic E-state index is 12.0. The van der Waals surface area contributed by atoms with Crippen LogP contribution >= 0.6 is 0 Å². The zero-order valence-corrected chi connectivity index (χ0v) is 13.9. The van der Waals surface area contributed by atoms with Crippen molar-refractivity contribution in [3.8, 4) is 0 Å². The number of nitrogens with one attached hydrogen (secondary N) is 1. The van der Waals surface area contributed by atoms with E-state index in [0.717, 1.165) is 12.2 Å². The topological polar surface area (TPSA) is 125 Å². The summed E-state index contributed by atoms with van der Waals surface area (Å²) in [6.45, 7) is 6.85. The molecular formula is C15H24N2O6. The third-order valence-electron chi connectivity index (χ3n) is 2.34. The predicted molar refractivity (Wildman–Crippen MR) is 82.0 cm³/mol. The lowest BCUT2D eigenvalue weighted by Crippen LogP contribution is -2.44. The van der Waals surface area contributed by atoms with Gasteiger partial charge in [0, 0.05) is 18.6 Å². The average Bonchev–Trinajstić information content (AvgIpc) is 2.39. The van der Waals surface area contributed by atoms with Crippen molar-refractivity contribution in [2.45, 2.75) is 52.2 Å². The molecule has 1 atom stereocenters. The van der Waals surface area contributed by atoms with E-state index >= 15 is 0 Å². The normalized spacial score (nSPS) is 12.5. The van der Waals surface area contributed by atoms with Gasteiger partial charge in [-0.2, -0.15) is 0 Å². The van der Waals surface area contributed by atoms with E-state index in [-0.39, 0.29) is 19.4 Å². The van der Waals surface area contributed by atoms with Crippen molar-refractivity contribution in [2.24, 2.45) is 5.73 Å². The molecule has 130 valence electrons. The summed E-state index contributed by atoms with van der Waals surface area (Å²) in [4.78, 5) is 45.8. The number of carbonyl (C=O) groups excluding carboxylic acids is 4. The molecule has 0 aromatic heterocycles. The highest BCUT2D eigenvalue weighted by atomic mass is 16.6. The third-order valence-corrected chi connectivity index (χ3v) is 2.34. The minimum atomic E-state index is -1.04. The molecule has 0 bridgehead atoms. The Bertz CT molecular complexity index is 479. The number of amides is 2. The van der Waals surface area contributed by atoms with Crippen molar-refractivity contribution in [2.75, 3.05) is 6.61 Å². The van der Waals surface area contributed by atoms with Crippen LogP contribution in [0.2, 0.25) is 0 Å². The van der Waals surface area contributed by atoms with Crippen LogP contribution in [0.4, 0.5) is 0 Å². The number of nitrogens with two attached hydrogens (primary N) is 1. The first-order valence-electron chi connectivity index (χ1n) is 7.21. The van der Waals surface area contributed by atoms with Crippen LogP contribution in [0, 0.1) is 0 Å². The zero-order valence-electron chi connectivity index (χ0n) is 13.9. The van der Waals surface area contributed by atoms with Crippen LogP contribution in [0.5, 0.6) is 0 Å². The van der Waals surface area contributed by atoms with Crippen molar-refractivity contribution < 1.29 is 28.7 Å². The van der Waals surface area contributed by atoms with E-state index in [4.69, 9.17) is 10.5 Å². The Balaban J connectivity index is 4.80. The summed E-state index contributed by atoms with van der Waals surface area (Å²) in [5, 5.41) is 2.38. The monoisotopic (exact) mass is 328 g/mol. The standard InChI is InChI=1S/C15H24N2O6/c1-5-22-13(20)9-8-12(19)17-10(6-7-11(16)18)14(21)23-15(2,3)4/h8-10H,5-7H2,1-4H3,(H2,16,18)(H,17,19)/b9-8+/t10-/m0/s1. The van der Waals surface area contributed by atoms with Gasteiger partial charge >= 0.3 is 11.9 Å². The summed E-state index contributed by atoms with van der Waals surface area (Å²) >= 11 is 0. The Morgan fingerprint density at radius 3 is 2.26 bits per heavy atom. The molecular weight excluding hydrogens is 304 g/mol. The fraction of sp³-hybridized carbons (Fsp3) is 0.600. The van der Waals surface area contributed by atoms with Gasteiger partial charge in [0.05, 0.1) is 6.61 Å². The van der Waals surface area contributed by atoms with Crippen LogP contribution in [0.15, 0.2) is 12.2 Å². The highest BCUT2D eigenvalue weighted by Crippen LogP contribution is 2.10. The van der Waals surface area contributed by atoms with E-state index in [9.17, 15) is 19.2 Å². The van der Waals surface area contributed by atoms with Crippen LogP contribution in [-0.2, 0) is 28.7 Å². The molecule has 0 rings (SSSR count). The quantitative estimate of drug-likeness (QED) is 0.484. The number of hydrogen-bond acceptors (Lipinski definition) is 6. The van der Waals surface area contributed by atoms with Crippen LogP contribution in [0.1, 0.15) is 40.5 Å². The predicted octanol–water partition coefficient (Wildman–Crippen LogP) is 0.198. The maximum atomic E-state index is 12.0. The first-order chi connectivity index (χ1) is 10.5. The molecule has 0 aliphatic rings. The van der Waals surface area contributed by atoms with Gasteiger partial charge < -0.3 is 20.5 Å². The Morgan fingerprint density at radius 1 is 1.17 bits per heavy atom. The van der Waals surface area contributed by atoms with E-state index in [1.54, 1.807) is 27.7 Å². The summed E-state index contributed by atoms with van der Waals surface area (Å²) in [7, 11) is 0. The summed E-state index contributed by atoms with van der Waals surface area (Å²) in [6, 6.07) is -1.04. The number of ether oxygens (including phenoxy) is 2. The molecule has 0 aromatic rings. The molecule has 8 nitrogen and oxygen atoms in total. The van der Waals surface area contributed by atoms with Gasteiger partial charge in [0.15, 0.2) is 0 Å². The smallest absolute Gasteiger partial charge is 0.330 e. The van der Waals surface area contributed by atoms with Crippen molar-refractivity contribution >= 4 is 23.8 Å². The van der Waals surface area contributed by atoms with E-state index in [1.165, 1.54) is 0 Å². The molecule has 0 aromatic carbocycles. The van der Waals surface area contributed by atoms with Crippen LogP contribution in [0.3, 0.4) is 0 Å². The molecule has 0 aliphatic heterocycles. The van der Waals surface area contributed by atoms with Crippen molar-refractivity contribution in [3.63, 3.8) is 0 Å². The zero-order chi connectivity index (χ0) is 18.0. The van der Waals surface area contributed by atoms with Crippen LogP contribution < -0.4 is 11.1 Å². The van der Waals surface area contributed by atoms with E-state index in [1.807, 2.05) is 0 Å². The molecule has 23 heavy (non-hydrogen) atoms. The minimum absolute atomic E-state index is 0.00321. The number of carbonyl (C=O) groups is 4. The molecule has 0 unspecified atom stereocenters. The number of rotatable bonds is 8. The second-order valence-electron chi connectivity index (χ2n) is 5.69. The molecule has 2 amide bonds. The molecule has 3 N–H and O–H groups in total. The number of hydrogen-bond donors (Lipinski definition) is 2. The summed E-state index contributed by atoms with van der Waals surface area (Å²) < 4.78 is 9.81. The van der Waals surface area contributed by atoms with Gasteiger partial charge in [0.2, 0.25) is 11.8 Å². The van der Waals surface area contributed by atoms with Gasteiger partial charge in [-0.05, 0) is 34.1 Å². The molecule has 0 fully saturated rings. The fourth-order valence-corrected chi connectivity index (χ4v) is 1.46. The molecule has 0 heterocycles. The number of primary amides is 1. The van der Waals surface area contributed by atoms with E-state index in [0.29, 0.717) is 0 Å². The second-order valence-corrected chi connectivity index (χ2v) is 5.69. The molecule has 0 saturated heterocycles. The van der Waals surface area contributed by atoms with Crippen molar-refractivity contribution in [1.29, 1.82) is 0 Å². The third kappa shape index (κ3) is 10.9. The van der Waals surface area contributed by atoms with Crippen molar-refractivity contribution in [1.82, 2.24) is 5.32 Å². The summed E-state index contributed by atoms with van der Waals surface area (Å²) in [5.41, 5.74) is 4.31. The SMILES string of the molecule is CCOC(=O)/C=C/C(=O)N[C@@H](CCC(N)=O)C(=O)OC(C)(C)C. The molecule has 0 spiro atoms. The van der Waals surface area contributed by atoms with E-state index in [2.05, 4.69) is 10.1 Å². The average molecular weight is 328 g/mol. The minimum Gasteiger partial charge on any atom is -0.463 e. The maximum Gasteiger partial charge on any atom is 0.330 e. The van der Waals surface area contributed by atoms with Gasteiger partial charge in [-0.1, -0.05) is 0 Å². The highest BCUT2D eigenvalue weighted by molar-refractivity contribution is 5.96. The molecule has 0 radical (unpaired) electrons. The van der Waals surface area contributed by atoms with Gasteiger partial charge in [0.25, 0.3) is 0 Å². The fourth-order valence-electron chi connectivity index (χ4n) is 1.46. The summed E-state index contributed by atoms with van der Waals surface area (Å²) in [5.74, 6) is -2.64. The lowest BCUT2D eigenvalue weighted by Gasteiger charge is -2.24. The number of esters is 2. The first kappa shape index (κ1) is 20.6. The van der Waals surface area contributed by atoms with E-state index < -0.39 is 35.4 Å². The van der Waals surface area contributed by atoms with Crippen LogP contribution in [0.25, 0.3) is 0 Å². The molecule has 0 aliphatic carbocycles. The van der Waals surface area contributed by atoms with Crippen molar-refractivity contribution in [3.05, 3.63) is 12.2 Å². The Hall–Kier alpha value is -2.38. The molecule has 8 heteroatoms. The van der Waals surface area contributed by atoms with Gasteiger partial charge in [-0.3, -0.25) is 9.59 Å². The lowest BCUT2D eigenvalue weighted by atomic mass is 10.1. The van der Waals surface area contributed by atoms with Gasteiger partial charge in [-0.15, -0.1) is 0 Å². The Labute approximate surface area is 135 Å². The lowest BCUT2D eigenvalue weighted by molar-refractivity contribution is -0.158. The first-order valence-corrected chi connectivity index (χ1v) is 7.21. The second kappa shape index (κ2) is 9.60. The summed E-state index contributed by atoms with van der Waals surface area (Å²) in [6.07, 6.45) is 1.80. The molecule has 0 saturated carbocycles.